The van der Waals surface area contributed by atoms with Crippen molar-refractivity contribution in [3.05, 3.63) is 22.5 Å². The molecule has 1 N–H and O–H groups in total. The highest BCUT2D eigenvalue weighted by Crippen LogP contribution is 2.20. The van der Waals surface area contributed by atoms with Crippen molar-refractivity contribution in [1.29, 1.82) is 0 Å². The van der Waals surface area contributed by atoms with Crippen molar-refractivity contribution < 1.29 is 14.3 Å². The topological polar surface area (TPSA) is 79.7 Å². The lowest BCUT2D eigenvalue weighted by molar-refractivity contribution is -0.128. The highest BCUT2D eigenvalue weighted by molar-refractivity contribution is 6.31. The van der Waals surface area contributed by atoms with E-state index < -0.39 is 0 Å². The summed E-state index contributed by atoms with van der Waals surface area (Å²) in [5.74, 6) is -0.0505. The number of aromatic nitrogens is 2. The lowest BCUT2D eigenvalue weighted by atomic mass is 10.2. The Morgan fingerprint density at radius 2 is 2.00 bits per heavy atom. The quantitative estimate of drug-likeness (QED) is 0.515. The third kappa shape index (κ3) is 6.34. The van der Waals surface area contributed by atoms with Crippen LogP contribution in [0.25, 0.3) is 6.08 Å². The lowest BCUT2D eigenvalue weighted by Gasteiger charge is -2.33. The van der Waals surface area contributed by atoms with Gasteiger partial charge >= 0.3 is 0 Å². The second kappa shape index (κ2) is 10.4. The van der Waals surface area contributed by atoms with Gasteiger partial charge in [-0.2, -0.15) is 5.10 Å². The van der Waals surface area contributed by atoms with E-state index in [1.807, 2.05) is 6.92 Å². The number of rotatable bonds is 8. The van der Waals surface area contributed by atoms with E-state index in [1.165, 1.54) is 6.08 Å². The Balaban J connectivity index is 1.75. The molecule has 1 aromatic rings. The SMILES string of the molecule is COCCCNC(=O)CN1CCN(C(=O)/C=C/c2c(C)nn(C)c2Cl)CC1. The summed E-state index contributed by atoms with van der Waals surface area (Å²) in [7, 11) is 3.41. The number of halogens is 1. The van der Waals surface area contributed by atoms with Gasteiger partial charge in [-0.3, -0.25) is 19.2 Å². The molecule has 1 aliphatic rings. The third-order valence-corrected chi connectivity index (χ3v) is 4.94. The molecular formula is C18H28ClN5O3. The van der Waals surface area contributed by atoms with Gasteiger partial charge in [-0.1, -0.05) is 11.6 Å². The molecule has 2 rings (SSSR count). The Hall–Kier alpha value is -1.90. The summed E-state index contributed by atoms with van der Waals surface area (Å²) in [5.41, 5.74) is 1.55. The van der Waals surface area contributed by atoms with Crippen molar-refractivity contribution in [2.45, 2.75) is 13.3 Å². The molecule has 0 radical (unpaired) electrons. The van der Waals surface area contributed by atoms with Gasteiger partial charge < -0.3 is 15.0 Å². The zero-order valence-electron chi connectivity index (χ0n) is 16.2. The van der Waals surface area contributed by atoms with E-state index in [1.54, 1.807) is 29.8 Å². The Morgan fingerprint density at radius 1 is 1.30 bits per heavy atom. The summed E-state index contributed by atoms with van der Waals surface area (Å²) in [6, 6.07) is 0. The van der Waals surface area contributed by atoms with E-state index in [0.29, 0.717) is 51.0 Å². The largest absolute Gasteiger partial charge is 0.385 e. The monoisotopic (exact) mass is 397 g/mol. The summed E-state index contributed by atoms with van der Waals surface area (Å²) in [6.07, 6.45) is 4.05. The molecule has 9 heteroatoms. The fourth-order valence-corrected chi connectivity index (χ4v) is 3.16. The van der Waals surface area contributed by atoms with E-state index in [2.05, 4.69) is 15.3 Å². The zero-order valence-corrected chi connectivity index (χ0v) is 17.0. The van der Waals surface area contributed by atoms with Crippen LogP contribution in [0.3, 0.4) is 0 Å². The van der Waals surface area contributed by atoms with E-state index >= 15 is 0 Å². The first kappa shape index (κ1) is 21.4. The molecular weight excluding hydrogens is 370 g/mol. The normalized spacial score (nSPS) is 15.5. The molecule has 0 aromatic carbocycles. The van der Waals surface area contributed by atoms with Gasteiger partial charge in [0.05, 0.1) is 12.2 Å². The van der Waals surface area contributed by atoms with Crippen LogP contribution in [0, 0.1) is 6.92 Å². The smallest absolute Gasteiger partial charge is 0.246 e. The Bertz CT molecular complexity index is 681. The number of methoxy groups -OCH3 is 1. The number of aryl methyl sites for hydroxylation is 2. The van der Waals surface area contributed by atoms with Gasteiger partial charge in [0.1, 0.15) is 5.15 Å². The van der Waals surface area contributed by atoms with E-state index in [-0.39, 0.29) is 11.8 Å². The summed E-state index contributed by atoms with van der Waals surface area (Å²) >= 11 is 6.18. The molecule has 0 spiro atoms. The second-order valence-electron chi connectivity index (χ2n) is 6.54. The summed E-state index contributed by atoms with van der Waals surface area (Å²) in [5, 5.41) is 7.62. The van der Waals surface area contributed by atoms with Gasteiger partial charge in [0.15, 0.2) is 0 Å². The summed E-state index contributed by atoms with van der Waals surface area (Å²) < 4.78 is 6.54. The number of nitrogens with one attached hydrogen (secondary N) is 1. The van der Waals surface area contributed by atoms with E-state index in [9.17, 15) is 9.59 Å². The number of carbonyl (C=O) groups excluding carboxylic acids is 2. The first-order chi connectivity index (χ1) is 12.9. The maximum atomic E-state index is 12.4. The molecule has 1 fully saturated rings. The number of nitrogens with zero attached hydrogens (tertiary/aromatic N) is 4. The van der Waals surface area contributed by atoms with E-state index in [0.717, 1.165) is 17.7 Å². The van der Waals surface area contributed by atoms with Crippen LogP contribution < -0.4 is 5.32 Å². The minimum Gasteiger partial charge on any atom is -0.385 e. The van der Waals surface area contributed by atoms with Gasteiger partial charge in [-0.05, 0) is 19.4 Å². The average molecular weight is 398 g/mol. The van der Waals surface area contributed by atoms with Crippen LogP contribution in [0.2, 0.25) is 5.15 Å². The molecule has 150 valence electrons. The number of ether oxygens (including phenoxy) is 1. The lowest BCUT2D eigenvalue weighted by Crippen LogP contribution is -2.50. The van der Waals surface area contributed by atoms with Gasteiger partial charge in [-0.15, -0.1) is 0 Å². The molecule has 0 atom stereocenters. The molecule has 2 amide bonds. The standard InChI is InChI=1S/C18H28ClN5O3/c1-14-15(18(19)22(2)21-14)5-6-17(26)24-10-8-23(9-11-24)13-16(25)20-7-4-12-27-3/h5-6H,4,7-13H2,1-3H3,(H,20,25)/b6-5+. The van der Waals surface area contributed by atoms with Crippen LogP contribution in [0.5, 0.6) is 0 Å². The number of piperazine rings is 1. The van der Waals surface area contributed by atoms with Gasteiger partial charge in [0.25, 0.3) is 0 Å². The van der Waals surface area contributed by atoms with E-state index in [4.69, 9.17) is 16.3 Å². The predicted molar refractivity (Wildman–Crippen MR) is 105 cm³/mol. The fraction of sp³-hybridized carbons (Fsp3) is 0.611. The molecule has 0 unspecified atom stereocenters. The highest BCUT2D eigenvalue weighted by Gasteiger charge is 2.21. The molecule has 0 bridgehead atoms. The van der Waals surface area contributed by atoms with Gasteiger partial charge in [0.2, 0.25) is 11.8 Å². The first-order valence-corrected chi connectivity index (χ1v) is 9.44. The third-order valence-electron chi connectivity index (χ3n) is 4.49. The summed E-state index contributed by atoms with van der Waals surface area (Å²) in [4.78, 5) is 28.1. The van der Waals surface area contributed by atoms with Crippen LogP contribution in [-0.2, 0) is 21.4 Å². The van der Waals surface area contributed by atoms with Gasteiger partial charge in [-0.25, -0.2) is 0 Å². The summed E-state index contributed by atoms with van der Waals surface area (Å²) in [6.45, 7) is 6.02. The molecule has 27 heavy (non-hydrogen) atoms. The molecule has 0 saturated carbocycles. The maximum absolute atomic E-state index is 12.4. The van der Waals surface area contributed by atoms with Crippen LogP contribution in [0.4, 0.5) is 0 Å². The van der Waals surface area contributed by atoms with Crippen LogP contribution in [0.1, 0.15) is 17.7 Å². The molecule has 2 heterocycles. The Kier molecular flexibility index (Phi) is 8.27. The second-order valence-corrected chi connectivity index (χ2v) is 6.90. The van der Waals surface area contributed by atoms with Gasteiger partial charge in [0, 0.05) is 65.1 Å². The van der Waals surface area contributed by atoms with Crippen molar-refractivity contribution in [3.63, 3.8) is 0 Å². The predicted octanol–water partition coefficient (Wildman–Crippen LogP) is 0.692. The number of hydrogen-bond donors (Lipinski definition) is 1. The minimum atomic E-state index is -0.0574. The van der Waals surface area contributed by atoms with Crippen molar-refractivity contribution in [2.75, 3.05) is 53.0 Å². The minimum absolute atomic E-state index is 0.00692. The maximum Gasteiger partial charge on any atom is 0.246 e. The van der Waals surface area contributed by atoms with Crippen molar-refractivity contribution in [2.24, 2.45) is 7.05 Å². The number of amides is 2. The highest BCUT2D eigenvalue weighted by atomic mass is 35.5. The molecule has 1 aliphatic heterocycles. The fourth-order valence-electron chi connectivity index (χ4n) is 2.93. The molecule has 0 aliphatic carbocycles. The van der Waals surface area contributed by atoms with Crippen LogP contribution >= 0.6 is 11.6 Å². The molecule has 8 nitrogen and oxygen atoms in total. The molecule has 1 saturated heterocycles. The molecule has 1 aromatic heterocycles. The zero-order chi connectivity index (χ0) is 19.8. The Labute approximate surface area is 165 Å². The first-order valence-electron chi connectivity index (χ1n) is 9.06. The number of hydrogen-bond acceptors (Lipinski definition) is 5. The van der Waals surface area contributed by atoms with Crippen LogP contribution in [-0.4, -0.2) is 84.4 Å². The van der Waals surface area contributed by atoms with Crippen molar-refractivity contribution in [1.82, 2.24) is 24.9 Å². The van der Waals surface area contributed by atoms with Crippen LogP contribution in [0.15, 0.2) is 6.08 Å². The number of carbonyl (C=O) groups is 2. The Morgan fingerprint density at radius 3 is 2.59 bits per heavy atom. The average Bonchev–Trinajstić information content (AvgIpc) is 2.89. The van der Waals surface area contributed by atoms with Crippen molar-refractivity contribution >= 4 is 29.5 Å². The van der Waals surface area contributed by atoms with Crippen molar-refractivity contribution in [3.8, 4) is 0 Å².